The Morgan fingerprint density at radius 1 is 0.984 bits per heavy atom. The Labute approximate surface area is 372 Å². The number of hydrogen-bond donors (Lipinski definition) is 4. The zero-order valence-electron chi connectivity index (χ0n) is 37.0. The molecule has 2 saturated heterocycles. The van der Waals surface area contributed by atoms with Gasteiger partial charge in [-0.2, -0.15) is 8.42 Å². The predicted molar refractivity (Wildman–Crippen MR) is 233 cm³/mol. The van der Waals surface area contributed by atoms with Crippen molar-refractivity contribution in [3.05, 3.63) is 70.9 Å². The second kappa shape index (κ2) is 16.5. The smallest absolute Gasteiger partial charge is 0.394 e. The Hall–Kier alpha value is -4.85. The highest BCUT2D eigenvalue weighted by Crippen LogP contribution is 2.68. The van der Waals surface area contributed by atoms with Crippen molar-refractivity contribution in [3.63, 3.8) is 0 Å². The Morgan fingerprint density at radius 2 is 1.70 bits per heavy atom. The van der Waals surface area contributed by atoms with Gasteiger partial charge in [-0.05, 0) is 73.7 Å². The maximum atomic E-state index is 15.3. The molecule has 1 spiro atoms. The lowest BCUT2D eigenvalue weighted by Gasteiger charge is -2.63. The molecule has 5 aliphatic heterocycles. The summed E-state index contributed by atoms with van der Waals surface area (Å²) in [5, 5.41) is 14.3. The van der Waals surface area contributed by atoms with Crippen LogP contribution in [0.2, 0.25) is 0 Å². The van der Waals surface area contributed by atoms with Gasteiger partial charge in [0.05, 0.1) is 33.1 Å². The first kappa shape index (κ1) is 45.7. The van der Waals surface area contributed by atoms with Crippen molar-refractivity contribution in [1.82, 2.24) is 14.8 Å². The second-order valence-electron chi connectivity index (χ2n) is 18.3. The lowest BCUT2D eigenvalue weighted by atomic mass is 9.47. The van der Waals surface area contributed by atoms with E-state index in [1.165, 1.54) is 26.0 Å². The van der Waals surface area contributed by atoms with E-state index < -0.39 is 68.3 Å². The lowest BCUT2D eigenvalue weighted by molar-refractivity contribution is -0.228. The molecule has 3 fully saturated rings. The molecular weight excluding hydrogens is 849 g/mol. The highest BCUT2D eigenvalue weighted by molar-refractivity contribution is 7.79. The zero-order valence-corrected chi connectivity index (χ0v) is 37.9. The van der Waals surface area contributed by atoms with Gasteiger partial charge in [-0.15, -0.1) is 0 Å². The van der Waals surface area contributed by atoms with Crippen molar-refractivity contribution in [3.8, 4) is 5.75 Å². The fourth-order valence-electron chi connectivity index (χ4n) is 13.3. The third-order valence-corrected chi connectivity index (χ3v) is 15.4. The number of aliphatic hydroxyl groups is 1. The third-order valence-electron chi connectivity index (χ3n) is 15.4. The summed E-state index contributed by atoms with van der Waals surface area (Å²) in [5.41, 5.74) is -1.54. The highest BCUT2D eigenvalue weighted by atomic mass is 32.3. The van der Waals surface area contributed by atoms with Crippen LogP contribution in [0, 0.1) is 17.3 Å². The van der Waals surface area contributed by atoms with Gasteiger partial charge < -0.3 is 38.8 Å². The van der Waals surface area contributed by atoms with Crippen molar-refractivity contribution >= 4 is 51.3 Å². The first-order valence-corrected chi connectivity index (χ1v) is 23.3. The fourth-order valence-corrected chi connectivity index (χ4v) is 13.3. The normalized spacial score (nSPS) is 33.7. The van der Waals surface area contributed by atoms with Gasteiger partial charge in [-0.25, -0.2) is 4.79 Å². The summed E-state index contributed by atoms with van der Waals surface area (Å²) in [6, 6.07) is 10.3. The first-order valence-electron chi connectivity index (χ1n) is 21.9. The first-order chi connectivity index (χ1) is 30.4. The van der Waals surface area contributed by atoms with Crippen LogP contribution in [0.4, 0.5) is 5.69 Å². The number of H-pyrrole nitrogens is 1. The second-order valence-corrected chi connectivity index (χ2v) is 19.2. The minimum absolute atomic E-state index is 0.127. The number of benzene rings is 2. The van der Waals surface area contributed by atoms with E-state index in [9.17, 15) is 19.5 Å². The monoisotopic (exact) mass is 906 g/mol. The summed E-state index contributed by atoms with van der Waals surface area (Å²) >= 11 is 0. The molecule has 6 aliphatic rings. The summed E-state index contributed by atoms with van der Waals surface area (Å²) in [6.07, 6.45) is 7.25. The van der Waals surface area contributed by atoms with E-state index in [2.05, 4.69) is 27.8 Å². The number of esters is 3. The minimum atomic E-state index is -4.67. The largest absolute Gasteiger partial charge is 0.496 e. The highest BCUT2D eigenvalue weighted by Gasteiger charge is 2.81. The van der Waals surface area contributed by atoms with Crippen LogP contribution < -0.4 is 9.64 Å². The summed E-state index contributed by atoms with van der Waals surface area (Å²) < 4.78 is 55.4. The number of aromatic nitrogens is 1. The minimum Gasteiger partial charge on any atom is -0.496 e. The Morgan fingerprint density at radius 3 is 2.34 bits per heavy atom. The Balaban J connectivity index is 0.00000106. The van der Waals surface area contributed by atoms with Crippen LogP contribution in [-0.4, -0.2) is 140 Å². The molecule has 3 aromatic rings. The lowest BCUT2D eigenvalue weighted by Crippen LogP contribution is -2.81. The van der Waals surface area contributed by atoms with Gasteiger partial charge in [0.2, 0.25) is 12.0 Å². The van der Waals surface area contributed by atoms with E-state index in [1.807, 2.05) is 43.3 Å². The molecule has 0 radical (unpaired) electrons. The van der Waals surface area contributed by atoms with E-state index in [0.29, 0.717) is 73.7 Å². The van der Waals surface area contributed by atoms with Crippen LogP contribution in [-0.2, 0) is 61.0 Å². The standard InChI is InChI=1S/C46H56N4O9.H2O4S/c1-7-28-20-29-23-45(41(53)57-5,37-31(14-18-48(24-28)25-29)30-12-9-10-13-34(30)47-37)33-21-32-35(22-36(33)56-4)50(26-51)39-44(32)16-19-49-17-11-15-43(8-2,38(44)49)40(59-27(3)52)46(39,55)42(54)58-6;1-5(2,3)4/h9-13,15,21-22,26,28-29,38-40,47,55H,7-8,14,16-20,23-25H2,1-6H3;(H2,1,2,3,4)/t28-,29?,38?,39?,40+,43+,44?,45-,46-;/m0./s1. The van der Waals surface area contributed by atoms with Gasteiger partial charge in [0.15, 0.2) is 6.10 Å². The van der Waals surface area contributed by atoms with Gasteiger partial charge >= 0.3 is 28.3 Å². The SMILES string of the molecule is CC[C@H]1CC2CN(CCc3c([nH]c4ccccc34)[C@@](C(=O)OC)(c3cc4c(cc3OC)N(C=O)C3C45CCN4CC=C[C@](CC)(C45)[C@@H](OC(C)=O)[C@]3(O)C(=O)OC)C2)C1.O=S(=O)(O)O. The molecule has 5 unspecified atom stereocenters. The molecule has 17 nitrogen and oxygen atoms in total. The van der Waals surface area contributed by atoms with Crippen LogP contribution in [0.15, 0.2) is 48.6 Å². The van der Waals surface area contributed by atoms with Crippen LogP contribution in [0.3, 0.4) is 0 Å². The number of amides is 1. The number of hydrogen-bond acceptors (Lipinski definition) is 13. The number of methoxy groups -OCH3 is 3. The third kappa shape index (κ3) is 6.69. The molecule has 1 aromatic heterocycles. The van der Waals surface area contributed by atoms with E-state index in [4.69, 9.17) is 36.5 Å². The predicted octanol–water partition coefficient (Wildman–Crippen LogP) is 3.75. The summed E-state index contributed by atoms with van der Waals surface area (Å²) in [6.45, 7) is 9.32. The fraction of sp³-hybridized carbons (Fsp3) is 0.565. The average molecular weight is 907 g/mol. The van der Waals surface area contributed by atoms with Gasteiger partial charge in [0.25, 0.3) is 0 Å². The average Bonchev–Trinajstić information content (AvgIpc) is 3.95. The number of carbonyl (C=O) groups excluding carboxylic acids is 4. The number of rotatable bonds is 8. The number of ether oxygens (including phenoxy) is 4. The van der Waals surface area contributed by atoms with E-state index in [-0.39, 0.29) is 5.92 Å². The van der Waals surface area contributed by atoms with Gasteiger partial charge in [0, 0.05) is 78.2 Å². The zero-order chi connectivity index (χ0) is 46.1. The van der Waals surface area contributed by atoms with Crippen molar-refractivity contribution in [2.45, 2.75) is 93.9 Å². The molecule has 64 heavy (non-hydrogen) atoms. The van der Waals surface area contributed by atoms with Crippen LogP contribution in [0.5, 0.6) is 5.75 Å². The molecule has 9 rings (SSSR count). The van der Waals surface area contributed by atoms with Gasteiger partial charge in [0.1, 0.15) is 11.2 Å². The maximum absolute atomic E-state index is 15.3. The summed E-state index contributed by atoms with van der Waals surface area (Å²) in [7, 11) is -0.472. The van der Waals surface area contributed by atoms with Crippen molar-refractivity contribution < 1.29 is 60.8 Å². The molecule has 2 bridgehead atoms. The maximum Gasteiger partial charge on any atom is 0.394 e. The van der Waals surface area contributed by atoms with E-state index in [1.54, 1.807) is 13.2 Å². The molecule has 4 N–H and O–H groups in total. The number of para-hydroxylation sites is 1. The number of piperidine rings is 1. The topological polar surface area (TPSA) is 226 Å². The molecule has 6 heterocycles. The Kier molecular flexibility index (Phi) is 11.8. The quantitative estimate of drug-likeness (QED) is 0.0831. The number of nitrogens with one attached hydrogen (secondary N) is 1. The van der Waals surface area contributed by atoms with Gasteiger partial charge in [-0.3, -0.25) is 28.4 Å². The molecule has 2 aromatic carbocycles. The molecule has 1 saturated carbocycles. The van der Waals surface area contributed by atoms with Crippen LogP contribution in [0.25, 0.3) is 10.9 Å². The van der Waals surface area contributed by atoms with Crippen molar-refractivity contribution in [2.24, 2.45) is 17.3 Å². The summed E-state index contributed by atoms with van der Waals surface area (Å²) in [4.78, 5) is 66.5. The van der Waals surface area contributed by atoms with Crippen LogP contribution >= 0.6 is 0 Å². The van der Waals surface area contributed by atoms with E-state index in [0.717, 1.165) is 54.6 Å². The number of carbonyl (C=O) groups is 4. The number of aromatic amines is 1. The number of nitrogens with zero attached hydrogens (tertiary/aromatic N) is 3. The van der Waals surface area contributed by atoms with Crippen LogP contribution in [0.1, 0.15) is 75.3 Å². The summed E-state index contributed by atoms with van der Waals surface area (Å²) in [5.74, 6) is -1.12. The molecule has 346 valence electrons. The molecule has 1 amide bonds. The number of fused-ring (bicyclic) bond motifs is 6. The molecule has 1 aliphatic carbocycles. The van der Waals surface area contributed by atoms with Gasteiger partial charge in [-0.1, -0.05) is 50.6 Å². The molecule has 10 atom stereocenters. The molecule has 18 heteroatoms. The van der Waals surface area contributed by atoms with Crippen molar-refractivity contribution in [2.75, 3.05) is 59.0 Å². The van der Waals surface area contributed by atoms with Crippen molar-refractivity contribution in [1.29, 1.82) is 0 Å². The number of anilines is 1. The molecular formula is C46H58N4O13S. The Bertz CT molecular complexity index is 2500. The van der Waals surface area contributed by atoms with E-state index >= 15 is 4.79 Å².